The van der Waals surface area contributed by atoms with Crippen LogP contribution in [-0.4, -0.2) is 19.4 Å². The summed E-state index contributed by atoms with van der Waals surface area (Å²) < 4.78 is 6.07. The summed E-state index contributed by atoms with van der Waals surface area (Å²) in [6, 6.07) is 2.08. The molecular formula is C13H21BrNOSi. The molecule has 0 aliphatic rings. The van der Waals surface area contributed by atoms with E-state index < -0.39 is 9.04 Å². The molecule has 1 aromatic heterocycles. The lowest BCUT2D eigenvalue weighted by molar-refractivity contribution is 0.510. The lowest BCUT2D eigenvalue weighted by Gasteiger charge is -2.25. The van der Waals surface area contributed by atoms with Crippen molar-refractivity contribution in [2.24, 2.45) is 0 Å². The molecule has 0 saturated heterocycles. The van der Waals surface area contributed by atoms with Gasteiger partial charge in [-0.25, -0.2) is 0 Å². The minimum absolute atomic E-state index is 0.0939. The predicted molar refractivity (Wildman–Crippen MR) is 78.5 cm³/mol. The Hall–Kier alpha value is -0.353. The van der Waals surface area contributed by atoms with Crippen LogP contribution in [0.25, 0.3) is 0 Å². The van der Waals surface area contributed by atoms with E-state index in [1.165, 1.54) is 5.56 Å². The number of halogens is 1. The van der Waals surface area contributed by atoms with Gasteiger partial charge in [-0.15, -0.1) is 0 Å². The van der Waals surface area contributed by atoms with Crippen LogP contribution in [0.4, 0.5) is 0 Å². The van der Waals surface area contributed by atoms with E-state index in [9.17, 15) is 0 Å². The number of hydrogen-bond acceptors (Lipinski definition) is 2. The van der Waals surface area contributed by atoms with E-state index in [-0.39, 0.29) is 5.41 Å². The molecular weight excluding hydrogens is 294 g/mol. The summed E-state index contributed by atoms with van der Waals surface area (Å²) in [6.07, 6.45) is 2.80. The zero-order valence-corrected chi connectivity index (χ0v) is 13.9. The van der Waals surface area contributed by atoms with E-state index in [0.29, 0.717) is 0 Å². The molecule has 0 N–H and O–H groups in total. The fourth-order valence-electron chi connectivity index (χ4n) is 1.67. The van der Waals surface area contributed by atoms with Gasteiger partial charge in [0.05, 0.1) is 5.69 Å². The summed E-state index contributed by atoms with van der Waals surface area (Å²) in [7, 11) is -0.764. The van der Waals surface area contributed by atoms with Crippen molar-refractivity contribution in [3.05, 3.63) is 23.5 Å². The van der Waals surface area contributed by atoms with Crippen molar-refractivity contribution in [2.45, 2.75) is 45.7 Å². The van der Waals surface area contributed by atoms with Gasteiger partial charge in [0.25, 0.3) is 9.04 Å². The second kappa shape index (κ2) is 6.00. The van der Waals surface area contributed by atoms with Gasteiger partial charge in [-0.05, 0) is 24.6 Å². The normalized spacial score (nSPS) is 11.9. The first-order valence-electron chi connectivity index (χ1n) is 5.88. The van der Waals surface area contributed by atoms with Crippen LogP contribution in [0, 0.1) is 0 Å². The second-order valence-corrected chi connectivity index (χ2v) is 8.15. The highest BCUT2D eigenvalue weighted by atomic mass is 79.9. The topological polar surface area (TPSA) is 22.1 Å². The van der Waals surface area contributed by atoms with Gasteiger partial charge in [0, 0.05) is 23.5 Å². The Balaban J connectivity index is 3.24. The molecule has 0 saturated carbocycles. The average molecular weight is 315 g/mol. The minimum atomic E-state index is -0.764. The number of aromatic nitrogens is 1. The number of nitrogens with zero attached hydrogens (tertiary/aromatic N) is 1. The van der Waals surface area contributed by atoms with Gasteiger partial charge < -0.3 is 4.43 Å². The van der Waals surface area contributed by atoms with Gasteiger partial charge >= 0.3 is 0 Å². The molecule has 95 valence electrons. The molecule has 1 heterocycles. The van der Waals surface area contributed by atoms with Gasteiger partial charge in [-0.1, -0.05) is 36.7 Å². The van der Waals surface area contributed by atoms with Crippen LogP contribution in [0.3, 0.4) is 0 Å². The largest absolute Gasteiger partial charge is 0.541 e. The van der Waals surface area contributed by atoms with E-state index in [4.69, 9.17) is 4.43 Å². The van der Waals surface area contributed by atoms with Crippen LogP contribution in [0.15, 0.2) is 12.3 Å². The van der Waals surface area contributed by atoms with Crippen molar-refractivity contribution < 1.29 is 4.43 Å². The fraction of sp³-hybridized carbons (Fsp3) is 0.615. The number of pyridine rings is 1. The van der Waals surface area contributed by atoms with Crippen LogP contribution in [0.2, 0.25) is 13.1 Å². The van der Waals surface area contributed by atoms with Gasteiger partial charge in [-0.2, -0.15) is 0 Å². The first kappa shape index (κ1) is 14.7. The first-order chi connectivity index (χ1) is 7.86. The maximum absolute atomic E-state index is 6.07. The summed E-state index contributed by atoms with van der Waals surface area (Å²) in [5.74, 6) is 1.01. The second-order valence-electron chi connectivity index (χ2n) is 5.33. The van der Waals surface area contributed by atoms with Crippen LogP contribution >= 0.6 is 15.9 Å². The van der Waals surface area contributed by atoms with Crippen molar-refractivity contribution in [1.29, 1.82) is 0 Å². The quantitative estimate of drug-likeness (QED) is 0.620. The molecule has 0 bridgehead atoms. The first-order valence-corrected chi connectivity index (χ1v) is 9.41. The number of alkyl halides is 1. The highest BCUT2D eigenvalue weighted by Crippen LogP contribution is 2.33. The van der Waals surface area contributed by atoms with Crippen molar-refractivity contribution in [3.8, 4) is 5.75 Å². The van der Waals surface area contributed by atoms with Crippen LogP contribution < -0.4 is 4.43 Å². The minimum Gasteiger partial charge on any atom is -0.541 e. The molecule has 0 aliphatic heterocycles. The molecule has 17 heavy (non-hydrogen) atoms. The summed E-state index contributed by atoms with van der Waals surface area (Å²) in [5, 5.41) is 0.916. The predicted octanol–water partition coefficient (Wildman–Crippen LogP) is 3.95. The fourth-order valence-corrected chi connectivity index (χ4v) is 2.68. The van der Waals surface area contributed by atoms with E-state index in [0.717, 1.165) is 23.2 Å². The van der Waals surface area contributed by atoms with Crippen LogP contribution in [0.1, 0.15) is 32.0 Å². The summed E-state index contributed by atoms with van der Waals surface area (Å²) in [5.41, 5.74) is 2.42. The van der Waals surface area contributed by atoms with Crippen LogP contribution in [-0.2, 0) is 11.8 Å². The number of hydrogen-bond donors (Lipinski definition) is 0. The molecule has 0 aliphatic carbocycles. The van der Waals surface area contributed by atoms with Crippen LogP contribution in [0.5, 0.6) is 5.75 Å². The zero-order chi connectivity index (χ0) is 13.1. The molecule has 4 heteroatoms. The zero-order valence-electron chi connectivity index (χ0n) is 11.3. The molecule has 0 atom stereocenters. The maximum Gasteiger partial charge on any atom is 0.274 e. The maximum atomic E-state index is 6.07. The van der Waals surface area contributed by atoms with Gasteiger partial charge in [0.1, 0.15) is 5.75 Å². The molecule has 0 amide bonds. The Morgan fingerprint density at radius 1 is 1.35 bits per heavy atom. The van der Waals surface area contributed by atoms with Crippen molar-refractivity contribution >= 4 is 25.0 Å². The smallest absolute Gasteiger partial charge is 0.274 e. The summed E-state index contributed by atoms with van der Waals surface area (Å²) >= 11 is 3.47. The lowest BCUT2D eigenvalue weighted by atomic mass is 9.86. The van der Waals surface area contributed by atoms with Gasteiger partial charge in [0.15, 0.2) is 0 Å². The molecule has 0 spiro atoms. The monoisotopic (exact) mass is 314 g/mol. The number of rotatable bonds is 4. The molecule has 1 aromatic rings. The number of aryl methyl sites for hydroxylation is 1. The summed E-state index contributed by atoms with van der Waals surface area (Å²) in [6.45, 7) is 10.9. The Bertz CT molecular complexity index is 374. The third-order valence-corrected chi connectivity index (χ3v) is 3.43. The molecule has 0 unspecified atom stereocenters. The lowest BCUT2D eigenvalue weighted by Crippen LogP contribution is -2.20. The highest BCUT2D eigenvalue weighted by molar-refractivity contribution is 9.09. The Morgan fingerprint density at radius 3 is 2.47 bits per heavy atom. The van der Waals surface area contributed by atoms with Crippen molar-refractivity contribution in [1.82, 2.24) is 4.98 Å². The SMILES string of the molecule is C[Si](C)Oc1c(C(C)(C)C)ccnc1CCBr. The van der Waals surface area contributed by atoms with E-state index in [1.54, 1.807) is 0 Å². The van der Waals surface area contributed by atoms with Gasteiger partial charge in [-0.3, -0.25) is 4.98 Å². The third kappa shape index (κ3) is 4.10. The Kier molecular flexibility index (Phi) is 5.19. The molecule has 0 aromatic carbocycles. The van der Waals surface area contributed by atoms with E-state index >= 15 is 0 Å². The molecule has 2 nitrogen and oxygen atoms in total. The average Bonchev–Trinajstić information content (AvgIpc) is 2.18. The molecule has 1 rings (SSSR count). The highest BCUT2D eigenvalue weighted by Gasteiger charge is 2.22. The molecule has 1 radical (unpaired) electrons. The van der Waals surface area contributed by atoms with E-state index in [2.05, 4.69) is 60.8 Å². The van der Waals surface area contributed by atoms with Gasteiger partial charge in [0.2, 0.25) is 0 Å². The van der Waals surface area contributed by atoms with Crippen molar-refractivity contribution in [3.63, 3.8) is 0 Å². The van der Waals surface area contributed by atoms with E-state index in [1.807, 2.05) is 6.20 Å². The molecule has 0 fully saturated rings. The third-order valence-electron chi connectivity index (χ3n) is 2.42. The Morgan fingerprint density at radius 2 is 2.00 bits per heavy atom. The Labute approximate surface area is 115 Å². The standard InChI is InChI=1S/C13H21BrNOSi/c1-13(2,3)10-7-9-15-11(6-8-14)12(10)16-17(4)5/h7,9H,6,8H2,1-5H3. The van der Waals surface area contributed by atoms with Crippen molar-refractivity contribution in [2.75, 3.05) is 5.33 Å². The summed E-state index contributed by atoms with van der Waals surface area (Å²) in [4.78, 5) is 4.46.